The number of nitrogens with two attached hydrogens (primary N) is 1. The Kier molecular flexibility index (Phi) is 4.48. The van der Waals surface area contributed by atoms with E-state index in [1.165, 1.54) is 10.9 Å². The van der Waals surface area contributed by atoms with Gasteiger partial charge in [-0.15, -0.1) is 0 Å². The average molecular weight is 285 g/mol. The maximum absolute atomic E-state index is 5.96. The minimum Gasteiger partial charge on any atom is -0.381 e. The van der Waals surface area contributed by atoms with Crippen LogP contribution in [0, 0.1) is 0 Å². The maximum atomic E-state index is 5.96. The summed E-state index contributed by atoms with van der Waals surface area (Å²) in [6, 6.07) is 10.9. The van der Waals surface area contributed by atoms with Gasteiger partial charge in [-0.05, 0) is 24.5 Å². The molecular weight excluding hydrogens is 262 g/mol. The zero-order chi connectivity index (χ0) is 14.7. The Morgan fingerprint density at radius 3 is 3.00 bits per heavy atom. The molecule has 3 rings (SSSR count). The SMILES string of the molecule is COC1CCN(Cc2cccc3cccnc23)C(CN)C1. The molecule has 0 spiro atoms. The van der Waals surface area contributed by atoms with E-state index in [2.05, 4.69) is 34.1 Å². The molecule has 0 amide bonds. The van der Waals surface area contributed by atoms with Crippen molar-refractivity contribution in [1.82, 2.24) is 9.88 Å². The third kappa shape index (κ3) is 3.07. The van der Waals surface area contributed by atoms with Crippen molar-refractivity contribution in [2.24, 2.45) is 5.73 Å². The number of methoxy groups -OCH3 is 1. The lowest BCUT2D eigenvalue weighted by Crippen LogP contribution is -2.48. The van der Waals surface area contributed by atoms with Gasteiger partial charge in [-0.3, -0.25) is 9.88 Å². The normalized spacial score (nSPS) is 23.5. The van der Waals surface area contributed by atoms with Crippen LogP contribution in [0.1, 0.15) is 18.4 Å². The van der Waals surface area contributed by atoms with Crippen LogP contribution in [0.25, 0.3) is 10.9 Å². The number of likely N-dealkylation sites (tertiary alicyclic amines) is 1. The second-order valence-electron chi connectivity index (χ2n) is 5.73. The number of ether oxygens (including phenoxy) is 1. The van der Waals surface area contributed by atoms with Crippen LogP contribution in [0.4, 0.5) is 0 Å². The van der Waals surface area contributed by atoms with Crippen LogP contribution < -0.4 is 5.73 Å². The quantitative estimate of drug-likeness (QED) is 0.935. The highest BCUT2D eigenvalue weighted by Gasteiger charge is 2.27. The number of hydrogen-bond donors (Lipinski definition) is 1. The van der Waals surface area contributed by atoms with Crippen LogP contribution in [0.2, 0.25) is 0 Å². The van der Waals surface area contributed by atoms with Gasteiger partial charge in [0, 0.05) is 44.4 Å². The van der Waals surface area contributed by atoms with Gasteiger partial charge in [0.15, 0.2) is 0 Å². The van der Waals surface area contributed by atoms with E-state index in [4.69, 9.17) is 10.5 Å². The highest BCUT2D eigenvalue weighted by Crippen LogP contribution is 2.24. The van der Waals surface area contributed by atoms with Crippen molar-refractivity contribution >= 4 is 10.9 Å². The van der Waals surface area contributed by atoms with E-state index in [0.717, 1.165) is 31.4 Å². The van der Waals surface area contributed by atoms with Crippen LogP contribution in [-0.4, -0.2) is 42.2 Å². The van der Waals surface area contributed by atoms with E-state index in [1.807, 2.05) is 12.3 Å². The van der Waals surface area contributed by atoms with Crippen LogP contribution in [0.5, 0.6) is 0 Å². The first kappa shape index (κ1) is 14.4. The number of benzene rings is 1. The molecule has 1 aliphatic heterocycles. The Balaban J connectivity index is 1.81. The third-order valence-corrected chi connectivity index (χ3v) is 4.48. The van der Waals surface area contributed by atoms with E-state index >= 15 is 0 Å². The van der Waals surface area contributed by atoms with Gasteiger partial charge in [0.1, 0.15) is 0 Å². The largest absolute Gasteiger partial charge is 0.381 e. The van der Waals surface area contributed by atoms with E-state index in [1.54, 1.807) is 7.11 Å². The van der Waals surface area contributed by atoms with Crippen molar-refractivity contribution in [3.8, 4) is 0 Å². The summed E-state index contributed by atoms with van der Waals surface area (Å²) in [7, 11) is 1.79. The fraction of sp³-hybridized carbons (Fsp3) is 0.471. The predicted octanol–water partition coefficient (Wildman–Crippen LogP) is 2.17. The average Bonchev–Trinajstić information content (AvgIpc) is 2.55. The van der Waals surface area contributed by atoms with Crippen molar-refractivity contribution in [3.63, 3.8) is 0 Å². The molecule has 0 aliphatic carbocycles. The Labute approximate surface area is 125 Å². The highest BCUT2D eigenvalue weighted by molar-refractivity contribution is 5.81. The van der Waals surface area contributed by atoms with Gasteiger partial charge >= 0.3 is 0 Å². The van der Waals surface area contributed by atoms with E-state index < -0.39 is 0 Å². The van der Waals surface area contributed by atoms with Gasteiger partial charge in [0.25, 0.3) is 0 Å². The lowest BCUT2D eigenvalue weighted by molar-refractivity contribution is 0.0103. The summed E-state index contributed by atoms with van der Waals surface area (Å²) in [5.41, 5.74) is 8.35. The third-order valence-electron chi connectivity index (χ3n) is 4.48. The predicted molar refractivity (Wildman–Crippen MR) is 85.0 cm³/mol. The second-order valence-corrected chi connectivity index (χ2v) is 5.73. The molecule has 0 saturated carbocycles. The molecule has 2 aromatic rings. The molecule has 2 N–H and O–H groups in total. The maximum Gasteiger partial charge on any atom is 0.0746 e. The lowest BCUT2D eigenvalue weighted by atomic mass is 9.98. The molecule has 1 saturated heterocycles. The molecule has 4 heteroatoms. The van der Waals surface area contributed by atoms with Crippen LogP contribution in [-0.2, 0) is 11.3 Å². The second kappa shape index (κ2) is 6.52. The number of aromatic nitrogens is 1. The number of para-hydroxylation sites is 1. The summed E-state index contributed by atoms with van der Waals surface area (Å²) in [5, 5.41) is 1.20. The first-order valence-corrected chi connectivity index (χ1v) is 7.61. The molecule has 2 atom stereocenters. The fourth-order valence-electron chi connectivity index (χ4n) is 3.24. The van der Waals surface area contributed by atoms with Crippen molar-refractivity contribution in [1.29, 1.82) is 0 Å². The molecule has 4 nitrogen and oxygen atoms in total. The molecule has 2 unspecified atom stereocenters. The molecular formula is C17H23N3O. The number of fused-ring (bicyclic) bond motifs is 1. The minimum absolute atomic E-state index is 0.348. The Hall–Kier alpha value is -1.49. The van der Waals surface area contributed by atoms with Gasteiger partial charge in [-0.25, -0.2) is 0 Å². The molecule has 2 heterocycles. The Morgan fingerprint density at radius 2 is 2.19 bits per heavy atom. The number of rotatable bonds is 4. The molecule has 1 aromatic heterocycles. The summed E-state index contributed by atoms with van der Waals surface area (Å²) in [5.74, 6) is 0. The number of hydrogen-bond acceptors (Lipinski definition) is 4. The van der Waals surface area contributed by atoms with E-state index in [0.29, 0.717) is 18.7 Å². The number of nitrogens with zero attached hydrogens (tertiary/aromatic N) is 2. The van der Waals surface area contributed by atoms with Crippen molar-refractivity contribution in [2.45, 2.75) is 31.5 Å². The standard InChI is InChI=1S/C17H23N3O/c1-21-16-7-9-20(15(10-16)11-18)12-14-5-2-4-13-6-3-8-19-17(13)14/h2-6,8,15-16H,7,9-12,18H2,1H3. The van der Waals surface area contributed by atoms with Crippen LogP contribution >= 0.6 is 0 Å². The topological polar surface area (TPSA) is 51.4 Å². The lowest BCUT2D eigenvalue weighted by Gasteiger charge is -2.38. The Morgan fingerprint density at radius 1 is 1.33 bits per heavy atom. The summed E-state index contributed by atoms with van der Waals surface area (Å²) in [4.78, 5) is 7.02. The number of piperidine rings is 1. The molecule has 1 fully saturated rings. The monoisotopic (exact) mass is 285 g/mol. The summed E-state index contributed by atoms with van der Waals surface area (Å²) in [6.07, 6.45) is 4.31. The van der Waals surface area contributed by atoms with E-state index in [-0.39, 0.29) is 0 Å². The zero-order valence-corrected chi connectivity index (χ0v) is 12.5. The van der Waals surface area contributed by atoms with Crippen LogP contribution in [0.3, 0.4) is 0 Å². The van der Waals surface area contributed by atoms with Gasteiger partial charge in [0.2, 0.25) is 0 Å². The zero-order valence-electron chi connectivity index (χ0n) is 12.5. The fourth-order valence-corrected chi connectivity index (χ4v) is 3.24. The van der Waals surface area contributed by atoms with Gasteiger partial charge in [0.05, 0.1) is 11.6 Å². The molecule has 21 heavy (non-hydrogen) atoms. The molecule has 0 bridgehead atoms. The van der Waals surface area contributed by atoms with Crippen molar-refractivity contribution in [3.05, 3.63) is 42.1 Å². The van der Waals surface area contributed by atoms with E-state index in [9.17, 15) is 0 Å². The van der Waals surface area contributed by atoms with Crippen molar-refractivity contribution < 1.29 is 4.74 Å². The minimum atomic E-state index is 0.348. The smallest absolute Gasteiger partial charge is 0.0746 e. The summed E-state index contributed by atoms with van der Waals surface area (Å²) < 4.78 is 5.50. The summed E-state index contributed by atoms with van der Waals surface area (Å²) in [6.45, 7) is 2.62. The van der Waals surface area contributed by atoms with Gasteiger partial charge in [-0.2, -0.15) is 0 Å². The molecule has 0 radical (unpaired) electrons. The highest BCUT2D eigenvalue weighted by atomic mass is 16.5. The van der Waals surface area contributed by atoms with Gasteiger partial charge in [-0.1, -0.05) is 24.3 Å². The van der Waals surface area contributed by atoms with Crippen LogP contribution in [0.15, 0.2) is 36.5 Å². The number of pyridine rings is 1. The molecule has 1 aromatic carbocycles. The first-order chi connectivity index (χ1) is 10.3. The molecule has 1 aliphatic rings. The van der Waals surface area contributed by atoms with Crippen molar-refractivity contribution in [2.75, 3.05) is 20.2 Å². The Bertz CT molecular complexity index is 596. The first-order valence-electron chi connectivity index (χ1n) is 7.61. The van der Waals surface area contributed by atoms with Gasteiger partial charge < -0.3 is 10.5 Å². The molecule has 112 valence electrons. The summed E-state index contributed by atoms with van der Waals surface area (Å²) >= 11 is 0.